The smallest absolute Gasteiger partial charge is 0.252 e. The van der Waals surface area contributed by atoms with E-state index in [4.69, 9.17) is 12.2 Å². The summed E-state index contributed by atoms with van der Waals surface area (Å²) in [5.74, 6) is 0.663. The normalized spacial score (nSPS) is 11.5. The third-order valence-electron chi connectivity index (χ3n) is 3.55. The Morgan fingerprint density at radius 1 is 1.14 bits per heavy atom. The van der Waals surface area contributed by atoms with Crippen LogP contribution >= 0.6 is 12.2 Å². The molecule has 114 valence electrons. The van der Waals surface area contributed by atoms with E-state index in [1.54, 1.807) is 0 Å². The van der Waals surface area contributed by atoms with Crippen LogP contribution in [0.1, 0.15) is 17.0 Å². The topological polar surface area (TPSA) is 38.4 Å². The van der Waals surface area contributed by atoms with E-state index in [0.29, 0.717) is 17.2 Å². The Hall–Kier alpha value is -2.05. The predicted molar refractivity (Wildman–Crippen MR) is 89.2 cm³/mol. The Morgan fingerprint density at radius 2 is 1.86 bits per heavy atom. The summed E-state index contributed by atoms with van der Waals surface area (Å²) in [6, 6.07) is 12.4. The van der Waals surface area contributed by atoms with Crippen LogP contribution in [0.25, 0.3) is 5.78 Å². The van der Waals surface area contributed by atoms with Gasteiger partial charge < -0.3 is 0 Å². The van der Waals surface area contributed by atoms with Gasteiger partial charge in [0.05, 0.1) is 6.67 Å². The first kappa shape index (κ1) is 14.9. The van der Waals surface area contributed by atoms with Gasteiger partial charge in [-0.2, -0.15) is 4.98 Å². The first-order valence-electron chi connectivity index (χ1n) is 7.21. The minimum atomic E-state index is 0.557. The van der Waals surface area contributed by atoms with Gasteiger partial charge in [0.2, 0.25) is 4.77 Å². The van der Waals surface area contributed by atoms with Crippen molar-refractivity contribution in [2.75, 3.05) is 7.05 Å². The monoisotopic (exact) mass is 313 g/mol. The second kappa shape index (κ2) is 5.98. The Balaban J connectivity index is 1.90. The summed E-state index contributed by atoms with van der Waals surface area (Å²) in [7, 11) is 2.07. The number of fused-ring (bicyclic) bond motifs is 1. The molecular formula is C16H19N5S. The van der Waals surface area contributed by atoms with Gasteiger partial charge >= 0.3 is 0 Å². The summed E-state index contributed by atoms with van der Waals surface area (Å²) in [4.78, 5) is 11.1. The maximum Gasteiger partial charge on any atom is 0.252 e. The molecule has 0 saturated carbocycles. The molecule has 0 spiro atoms. The molecule has 0 bridgehead atoms. The number of rotatable bonds is 4. The highest BCUT2D eigenvalue weighted by atomic mass is 32.1. The average Bonchev–Trinajstić information content (AvgIpc) is 2.75. The lowest BCUT2D eigenvalue weighted by Gasteiger charge is -2.18. The van der Waals surface area contributed by atoms with Crippen LogP contribution < -0.4 is 0 Å². The van der Waals surface area contributed by atoms with E-state index in [9.17, 15) is 0 Å². The van der Waals surface area contributed by atoms with Crippen LogP contribution in [0, 0.1) is 18.6 Å². The van der Waals surface area contributed by atoms with Gasteiger partial charge in [-0.25, -0.2) is 14.2 Å². The zero-order chi connectivity index (χ0) is 15.7. The number of nitrogens with zero attached hydrogens (tertiary/aromatic N) is 5. The highest BCUT2D eigenvalue weighted by Gasteiger charge is 2.10. The molecule has 0 aliphatic carbocycles. The summed E-state index contributed by atoms with van der Waals surface area (Å²) in [6.45, 7) is 5.54. The quantitative estimate of drug-likeness (QED) is 0.694. The molecule has 5 nitrogen and oxygen atoms in total. The molecule has 6 heteroatoms. The molecule has 0 saturated heterocycles. The molecule has 22 heavy (non-hydrogen) atoms. The molecule has 0 radical (unpaired) electrons. The lowest BCUT2D eigenvalue weighted by molar-refractivity contribution is 0.238. The molecule has 0 unspecified atom stereocenters. The molecule has 3 rings (SSSR count). The summed E-state index contributed by atoms with van der Waals surface area (Å²) in [5, 5.41) is 0. The van der Waals surface area contributed by atoms with Gasteiger partial charge in [-0.15, -0.1) is 0 Å². The lowest BCUT2D eigenvalue weighted by Crippen LogP contribution is -2.24. The molecule has 0 N–H and O–H groups in total. The molecule has 0 atom stereocenters. The second-order valence-corrected chi connectivity index (χ2v) is 5.95. The number of hydrogen-bond acceptors (Lipinski definition) is 4. The van der Waals surface area contributed by atoms with Crippen LogP contribution in [-0.4, -0.2) is 31.1 Å². The van der Waals surface area contributed by atoms with Crippen molar-refractivity contribution in [3.05, 3.63) is 58.1 Å². The molecule has 1 aromatic carbocycles. The van der Waals surface area contributed by atoms with Gasteiger partial charge in [0.1, 0.15) is 0 Å². The Morgan fingerprint density at radius 3 is 2.59 bits per heavy atom. The largest absolute Gasteiger partial charge is 0.283 e. The zero-order valence-corrected chi connectivity index (χ0v) is 13.8. The molecule has 0 aliphatic heterocycles. The first-order valence-corrected chi connectivity index (χ1v) is 7.62. The number of benzene rings is 1. The highest BCUT2D eigenvalue weighted by Crippen LogP contribution is 2.09. The van der Waals surface area contributed by atoms with E-state index in [2.05, 4.69) is 46.2 Å². The van der Waals surface area contributed by atoms with Crippen molar-refractivity contribution in [1.29, 1.82) is 0 Å². The summed E-state index contributed by atoms with van der Waals surface area (Å²) in [6.07, 6.45) is 0. The van der Waals surface area contributed by atoms with E-state index in [0.717, 1.165) is 17.9 Å². The van der Waals surface area contributed by atoms with E-state index in [1.165, 1.54) is 5.56 Å². The molecule has 0 aliphatic rings. The van der Waals surface area contributed by atoms with E-state index in [-0.39, 0.29) is 0 Å². The van der Waals surface area contributed by atoms with Gasteiger partial charge in [-0.3, -0.25) is 4.90 Å². The Labute approximate surface area is 134 Å². The van der Waals surface area contributed by atoms with Gasteiger partial charge in [-0.05, 0) is 44.7 Å². The van der Waals surface area contributed by atoms with E-state index >= 15 is 0 Å². The molecule has 0 fully saturated rings. The maximum atomic E-state index is 5.40. The zero-order valence-electron chi connectivity index (χ0n) is 13.0. The second-order valence-electron chi connectivity index (χ2n) is 5.59. The Bertz CT molecular complexity index is 850. The van der Waals surface area contributed by atoms with Gasteiger partial charge in [-0.1, -0.05) is 30.3 Å². The van der Waals surface area contributed by atoms with Gasteiger partial charge in [0, 0.05) is 17.9 Å². The number of aromatic nitrogens is 4. The van der Waals surface area contributed by atoms with Crippen molar-refractivity contribution in [2.24, 2.45) is 0 Å². The van der Waals surface area contributed by atoms with Crippen molar-refractivity contribution >= 4 is 18.0 Å². The first-order chi connectivity index (χ1) is 10.5. The fraction of sp³-hybridized carbons (Fsp3) is 0.312. The average molecular weight is 313 g/mol. The van der Waals surface area contributed by atoms with Crippen LogP contribution in [0.15, 0.2) is 36.4 Å². The molecule has 2 heterocycles. The molecular weight excluding hydrogens is 294 g/mol. The van der Waals surface area contributed by atoms with Crippen molar-refractivity contribution in [3.63, 3.8) is 0 Å². The Kier molecular flexibility index (Phi) is 4.04. The third-order valence-corrected chi connectivity index (χ3v) is 3.85. The molecule has 2 aromatic heterocycles. The minimum absolute atomic E-state index is 0.557. The summed E-state index contributed by atoms with van der Waals surface area (Å²) in [5.41, 5.74) is 3.31. The summed E-state index contributed by atoms with van der Waals surface area (Å²) < 4.78 is 4.52. The maximum absolute atomic E-state index is 5.40. The van der Waals surface area contributed by atoms with Crippen molar-refractivity contribution in [1.82, 2.24) is 24.1 Å². The minimum Gasteiger partial charge on any atom is -0.283 e. The van der Waals surface area contributed by atoms with E-state index < -0.39 is 0 Å². The van der Waals surface area contributed by atoms with Crippen molar-refractivity contribution in [3.8, 4) is 0 Å². The van der Waals surface area contributed by atoms with Crippen LogP contribution in [0.3, 0.4) is 0 Å². The van der Waals surface area contributed by atoms with Gasteiger partial charge in [0.25, 0.3) is 5.78 Å². The SMILES string of the molecule is Cc1cc(C)n2c(n1)nc(=S)n2CN(C)Cc1ccccc1. The molecule has 0 amide bonds. The fourth-order valence-corrected chi connectivity index (χ4v) is 2.88. The van der Waals surface area contributed by atoms with Crippen molar-refractivity contribution in [2.45, 2.75) is 27.1 Å². The van der Waals surface area contributed by atoms with Crippen LogP contribution in [0.5, 0.6) is 0 Å². The fourth-order valence-electron chi connectivity index (χ4n) is 2.66. The van der Waals surface area contributed by atoms with Gasteiger partial charge in [0.15, 0.2) is 0 Å². The standard InChI is InChI=1S/C16H19N5S/c1-12-9-13(2)21-15(17-12)18-16(22)20(21)11-19(3)10-14-7-5-4-6-8-14/h4-9H,10-11H2,1-3H3. The van der Waals surface area contributed by atoms with Crippen molar-refractivity contribution < 1.29 is 0 Å². The predicted octanol–water partition coefficient (Wildman–Crippen LogP) is 2.97. The van der Waals surface area contributed by atoms with Crippen LogP contribution in [-0.2, 0) is 13.2 Å². The number of aryl methyl sites for hydroxylation is 2. The van der Waals surface area contributed by atoms with Crippen LogP contribution in [0.4, 0.5) is 0 Å². The highest BCUT2D eigenvalue weighted by molar-refractivity contribution is 7.71. The van der Waals surface area contributed by atoms with E-state index in [1.807, 2.05) is 35.2 Å². The third kappa shape index (κ3) is 2.93. The lowest BCUT2D eigenvalue weighted by atomic mass is 10.2. The number of hydrogen-bond donors (Lipinski definition) is 0. The molecule has 3 aromatic rings. The van der Waals surface area contributed by atoms with Crippen LogP contribution in [0.2, 0.25) is 0 Å². The summed E-state index contributed by atoms with van der Waals surface area (Å²) >= 11 is 5.40.